The van der Waals surface area contributed by atoms with Crippen molar-refractivity contribution in [2.75, 3.05) is 12.3 Å². The van der Waals surface area contributed by atoms with Crippen molar-refractivity contribution in [3.63, 3.8) is 0 Å². The van der Waals surface area contributed by atoms with Gasteiger partial charge in [0.05, 0.1) is 17.9 Å². The molecule has 1 fully saturated rings. The summed E-state index contributed by atoms with van der Waals surface area (Å²) < 4.78 is 10.8. The van der Waals surface area contributed by atoms with E-state index in [0.29, 0.717) is 23.6 Å². The number of benzene rings is 1. The molecule has 4 nitrogen and oxygen atoms in total. The van der Waals surface area contributed by atoms with E-state index in [9.17, 15) is 4.79 Å². The van der Waals surface area contributed by atoms with Crippen molar-refractivity contribution in [1.82, 2.24) is 0 Å². The first-order chi connectivity index (χ1) is 8.70. The second-order valence-corrected chi connectivity index (χ2v) is 4.50. The molecular weight excluding hydrogens is 230 g/mol. The van der Waals surface area contributed by atoms with Crippen molar-refractivity contribution in [2.24, 2.45) is 0 Å². The Morgan fingerprint density at radius 2 is 2.11 bits per heavy atom. The van der Waals surface area contributed by atoms with Gasteiger partial charge in [0.2, 0.25) is 0 Å². The molecule has 1 aliphatic carbocycles. The summed E-state index contributed by atoms with van der Waals surface area (Å²) in [7, 11) is 0. The first-order valence-electron chi connectivity index (χ1n) is 6.44. The van der Waals surface area contributed by atoms with Gasteiger partial charge in [0.25, 0.3) is 0 Å². The Kier molecular flexibility index (Phi) is 4.07. The van der Waals surface area contributed by atoms with E-state index in [1.54, 1.807) is 18.2 Å². The van der Waals surface area contributed by atoms with Crippen LogP contribution in [0.4, 0.5) is 5.69 Å². The average molecular weight is 249 g/mol. The monoisotopic (exact) mass is 249 g/mol. The molecule has 0 saturated heterocycles. The van der Waals surface area contributed by atoms with Crippen LogP contribution in [0.25, 0.3) is 0 Å². The molecule has 18 heavy (non-hydrogen) atoms. The van der Waals surface area contributed by atoms with Gasteiger partial charge in [-0.1, -0.05) is 0 Å². The molecular formula is C14H19NO3. The molecule has 0 atom stereocenters. The van der Waals surface area contributed by atoms with E-state index >= 15 is 0 Å². The predicted octanol–water partition coefficient (Wildman–Crippen LogP) is 2.77. The zero-order valence-electron chi connectivity index (χ0n) is 10.6. The van der Waals surface area contributed by atoms with Crippen molar-refractivity contribution in [1.29, 1.82) is 0 Å². The summed E-state index contributed by atoms with van der Waals surface area (Å²) in [6.07, 6.45) is 4.30. The van der Waals surface area contributed by atoms with Gasteiger partial charge in [0, 0.05) is 0 Å². The third-order valence-electron chi connectivity index (χ3n) is 3.13. The number of rotatable bonds is 4. The van der Waals surface area contributed by atoms with Gasteiger partial charge in [0.15, 0.2) is 0 Å². The first kappa shape index (κ1) is 12.7. The summed E-state index contributed by atoms with van der Waals surface area (Å²) in [6, 6.07) is 5.00. The average Bonchev–Trinajstić information content (AvgIpc) is 2.85. The minimum atomic E-state index is -0.289. The van der Waals surface area contributed by atoms with Crippen molar-refractivity contribution >= 4 is 11.7 Å². The van der Waals surface area contributed by atoms with Crippen LogP contribution in [-0.2, 0) is 4.74 Å². The lowest BCUT2D eigenvalue weighted by molar-refractivity contribution is 0.0317. The fourth-order valence-corrected chi connectivity index (χ4v) is 2.17. The van der Waals surface area contributed by atoms with Crippen molar-refractivity contribution in [2.45, 2.75) is 38.7 Å². The summed E-state index contributed by atoms with van der Waals surface area (Å²) in [5, 5.41) is 0. The molecule has 1 aromatic carbocycles. The van der Waals surface area contributed by atoms with Gasteiger partial charge in [-0.15, -0.1) is 0 Å². The van der Waals surface area contributed by atoms with Crippen molar-refractivity contribution in [3.8, 4) is 5.75 Å². The highest BCUT2D eigenvalue weighted by Crippen LogP contribution is 2.25. The number of hydrogen-bond donors (Lipinski definition) is 1. The molecule has 0 aliphatic heterocycles. The normalized spacial score (nSPS) is 15.6. The standard InChI is InChI=1S/C14H19NO3/c1-2-17-13-9-10(7-8-12(13)15)14(16)18-11-5-3-4-6-11/h7-9,11H,2-6,15H2,1H3. The molecule has 0 bridgehead atoms. The van der Waals surface area contributed by atoms with Gasteiger partial charge in [-0.3, -0.25) is 0 Å². The largest absolute Gasteiger partial charge is 0.492 e. The SMILES string of the molecule is CCOc1cc(C(=O)OC2CCCC2)ccc1N. The van der Waals surface area contributed by atoms with Crippen LogP contribution in [0.5, 0.6) is 5.75 Å². The molecule has 4 heteroatoms. The molecule has 0 amide bonds. The van der Waals surface area contributed by atoms with Crippen LogP contribution in [0.1, 0.15) is 43.0 Å². The summed E-state index contributed by atoms with van der Waals surface area (Å²) >= 11 is 0. The molecule has 2 rings (SSSR count). The van der Waals surface area contributed by atoms with E-state index in [-0.39, 0.29) is 12.1 Å². The van der Waals surface area contributed by atoms with Crippen molar-refractivity contribution < 1.29 is 14.3 Å². The van der Waals surface area contributed by atoms with Gasteiger partial charge in [-0.05, 0) is 50.8 Å². The van der Waals surface area contributed by atoms with Gasteiger partial charge >= 0.3 is 5.97 Å². The summed E-state index contributed by atoms with van der Waals surface area (Å²) in [4.78, 5) is 11.9. The molecule has 98 valence electrons. The molecule has 2 N–H and O–H groups in total. The van der Waals surface area contributed by atoms with Crippen LogP contribution in [-0.4, -0.2) is 18.7 Å². The number of nitrogen functional groups attached to an aromatic ring is 1. The van der Waals surface area contributed by atoms with E-state index in [2.05, 4.69) is 0 Å². The zero-order valence-corrected chi connectivity index (χ0v) is 10.6. The van der Waals surface area contributed by atoms with Crippen LogP contribution in [0.2, 0.25) is 0 Å². The Hall–Kier alpha value is -1.71. The second-order valence-electron chi connectivity index (χ2n) is 4.50. The van der Waals surface area contributed by atoms with Crippen LogP contribution in [0, 0.1) is 0 Å². The Bertz CT molecular complexity index is 425. The Morgan fingerprint density at radius 1 is 1.39 bits per heavy atom. The minimum absolute atomic E-state index is 0.0746. The Morgan fingerprint density at radius 3 is 2.78 bits per heavy atom. The van der Waals surface area contributed by atoms with Gasteiger partial charge in [-0.2, -0.15) is 0 Å². The maximum atomic E-state index is 11.9. The lowest BCUT2D eigenvalue weighted by Gasteiger charge is -2.12. The quantitative estimate of drug-likeness (QED) is 0.658. The maximum absolute atomic E-state index is 11.9. The third-order valence-corrected chi connectivity index (χ3v) is 3.13. The second kappa shape index (κ2) is 5.76. The number of esters is 1. The van der Waals surface area contributed by atoms with Crippen LogP contribution >= 0.6 is 0 Å². The topological polar surface area (TPSA) is 61.5 Å². The Labute approximate surface area is 107 Å². The van der Waals surface area contributed by atoms with Gasteiger partial charge in [-0.25, -0.2) is 4.79 Å². The van der Waals surface area contributed by atoms with Crippen LogP contribution in [0.3, 0.4) is 0 Å². The number of anilines is 1. The predicted molar refractivity (Wildman–Crippen MR) is 69.7 cm³/mol. The van der Waals surface area contributed by atoms with Crippen LogP contribution in [0.15, 0.2) is 18.2 Å². The fourth-order valence-electron chi connectivity index (χ4n) is 2.17. The molecule has 0 aromatic heterocycles. The number of carbonyl (C=O) groups is 1. The fraction of sp³-hybridized carbons (Fsp3) is 0.500. The molecule has 0 unspecified atom stereocenters. The molecule has 0 heterocycles. The summed E-state index contributed by atoms with van der Waals surface area (Å²) in [5.74, 6) is 0.251. The van der Waals surface area contributed by atoms with Gasteiger partial charge in [0.1, 0.15) is 11.9 Å². The lowest BCUT2D eigenvalue weighted by Crippen LogP contribution is -2.15. The molecule has 0 spiro atoms. The third kappa shape index (κ3) is 2.94. The highest BCUT2D eigenvalue weighted by atomic mass is 16.5. The Balaban J connectivity index is 2.07. The highest BCUT2D eigenvalue weighted by molar-refractivity contribution is 5.90. The number of hydrogen-bond acceptors (Lipinski definition) is 4. The number of nitrogens with two attached hydrogens (primary N) is 1. The van der Waals surface area contributed by atoms with Gasteiger partial charge < -0.3 is 15.2 Å². The molecule has 0 radical (unpaired) electrons. The van der Waals surface area contributed by atoms with E-state index < -0.39 is 0 Å². The maximum Gasteiger partial charge on any atom is 0.338 e. The van der Waals surface area contributed by atoms with E-state index in [1.165, 1.54) is 0 Å². The van der Waals surface area contributed by atoms with E-state index in [1.807, 2.05) is 6.92 Å². The number of ether oxygens (including phenoxy) is 2. The lowest BCUT2D eigenvalue weighted by atomic mass is 10.2. The molecule has 1 aliphatic rings. The highest BCUT2D eigenvalue weighted by Gasteiger charge is 2.20. The molecule has 1 aromatic rings. The molecule has 1 saturated carbocycles. The van der Waals surface area contributed by atoms with Crippen molar-refractivity contribution in [3.05, 3.63) is 23.8 Å². The smallest absolute Gasteiger partial charge is 0.338 e. The minimum Gasteiger partial charge on any atom is -0.492 e. The zero-order chi connectivity index (χ0) is 13.0. The van der Waals surface area contributed by atoms with Crippen LogP contribution < -0.4 is 10.5 Å². The van der Waals surface area contributed by atoms with E-state index in [4.69, 9.17) is 15.2 Å². The first-order valence-corrected chi connectivity index (χ1v) is 6.44. The van der Waals surface area contributed by atoms with E-state index in [0.717, 1.165) is 25.7 Å². The number of carbonyl (C=O) groups excluding carboxylic acids is 1. The summed E-state index contributed by atoms with van der Waals surface area (Å²) in [6.45, 7) is 2.40. The summed E-state index contributed by atoms with van der Waals surface area (Å²) in [5.41, 5.74) is 6.80.